The Bertz CT molecular complexity index is 248. The van der Waals surface area contributed by atoms with Crippen LogP contribution in [0.25, 0.3) is 0 Å². The molecule has 0 atom stereocenters. The minimum Gasteiger partial charge on any atom is -0.359 e. The van der Waals surface area contributed by atoms with Crippen molar-refractivity contribution in [3.63, 3.8) is 0 Å². The standard InChI is InChI=1S/C8H13N3OS/c1-9-8(12)2-3-10-4-7-5-11-6-13-7/h5-6,10H,2-4H2,1H3,(H,9,12). The topological polar surface area (TPSA) is 54.0 Å². The van der Waals surface area contributed by atoms with Gasteiger partial charge in [-0.3, -0.25) is 9.78 Å². The Morgan fingerprint density at radius 1 is 1.69 bits per heavy atom. The Morgan fingerprint density at radius 2 is 2.54 bits per heavy atom. The molecule has 2 N–H and O–H groups in total. The van der Waals surface area contributed by atoms with Crippen molar-refractivity contribution in [1.82, 2.24) is 15.6 Å². The molecule has 0 saturated heterocycles. The monoisotopic (exact) mass is 199 g/mol. The lowest BCUT2D eigenvalue weighted by Gasteiger charge is -2.01. The number of thiazole rings is 1. The van der Waals surface area contributed by atoms with Crippen molar-refractivity contribution in [3.8, 4) is 0 Å². The molecular formula is C8H13N3OS. The van der Waals surface area contributed by atoms with Crippen LogP contribution in [0.5, 0.6) is 0 Å². The van der Waals surface area contributed by atoms with Crippen molar-refractivity contribution < 1.29 is 4.79 Å². The molecule has 0 bridgehead atoms. The number of carbonyl (C=O) groups is 1. The minimum atomic E-state index is 0.0665. The van der Waals surface area contributed by atoms with Crippen molar-refractivity contribution in [2.75, 3.05) is 13.6 Å². The van der Waals surface area contributed by atoms with Crippen LogP contribution in [0.4, 0.5) is 0 Å². The van der Waals surface area contributed by atoms with E-state index in [1.54, 1.807) is 23.9 Å². The molecule has 0 unspecified atom stereocenters. The summed E-state index contributed by atoms with van der Waals surface area (Å²) >= 11 is 1.61. The van der Waals surface area contributed by atoms with Gasteiger partial charge in [0.2, 0.25) is 5.91 Å². The number of hydrogen-bond donors (Lipinski definition) is 2. The smallest absolute Gasteiger partial charge is 0.221 e. The van der Waals surface area contributed by atoms with Gasteiger partial charge in [0.05, 0.1) is 5.51 Å². The van der Waals surface area contributed by atoms with Crippen LogP contribution in [0.3, 0.4) is 0 Å². The minimum absolute atomic E-state index is 0.0665. The summed E-state index contributed by atoms with van der Waals surface area (Å²) in [5.74, 6) is 0.0665. The van der Waals surface area contributed by atoms with E-state index in [0.717, 1.165) is 6.54 Å². The quantitative estimate of drug-likeness (QED) is 0.674. The molecule has 72 valence electrons. The maximum atomic E-state index is 10.8. The van der Waals surface area contributed by atoms with E-state index in [0.29, 0.717) is 13.0 Å². The summed E-state index contributed by atoms with van der Waals surface area (Å²) in [6.45, 7) is 1.50. The second-order valence-corrected chi connectivity index (χ2v) is 3.54. The molecule has 1 rings (SSSR count). The summed E-state index contributed by atoms with van der Waals surface area (Å²) in [6.07, 6.45) is 2.35. The normalized spacial score (nSPS) is 9.92. The Morgan fingerprint density at radius 3 is 3.15 bits per heavy atom. The van der Waals surface area contributed by atoms with Crippen molar-refractivity contribution >= 4 is 17.2 Å². The van der Waals surface area contributed by atoms with Crippen LogP contribution in [0.1, 0.15) is 11.3 Å². The molecule has 1 aromatic rings. The SMILES string of the molecule is CNC(=O)CCNCc1cncs1. The van der Waals surface area contributed by atoms with E-state index in [4.69, 9.17) is 0 Å². The first-order chi connectivity index (χ1) is 6.33. The Balaban J connectivity index is 2.05. The van der Waals surface area contributed by atoms with Gasteiger partial charge in [0.15, 0.2) is 0 Å². The number of aromatic nitrogens is 1. The molecule has 0 aromatic carbocycles. The molecule has 0 fully saturated rings. The number of nitrogens with one attached hydrogen (secondary N) is 2. The zero-order chi connectivity index (χ0) is 9.52. The van der Waals surface area contributed by atoms with Crippen LogP contribution >= 0.6 is 11.3 Å². The van der Waals surface area contributed by atoms with Gasteiger partial charge in [0.25, 0.3) is 0 Å². The summed E-state index contributed by atoms with van der Waals surface area (Å²) in [6, 6.07) is 0. The summed E-state index contributed by atoms with van der Waals surface area (Å²) in [7, 11) is 1.64. The molecule has 0 aliphatic carbocycles. The third-order valence-corrected chi connectivity index (χ3v) is 2.37. The van der Waals surface area contributed by atoms with Crippen LogP contribution in [-0.2, 0) is 11.3 Å². The van der Waals surface area contributed by atoms with Gasteiger partial charge in [-0.15, -0.1) is 11.3 Å². The molecular weight excluding hydrogens is 186 g/mol. The van der Waals surface area contributed by atoms with Crippen molar-refractivity contribution in [1.29, 1.82) is 0 Å². The third kappa shape index (κ3) is 4.00. The van der Waals surface area contributed by atoms with E-state index in [2.05, 4.69) is 15.6 Å². The van der Waals surface area contributed by atoms with Crippen LogP contribution < -0.4 is 10.6 Å². The molecule has 0 saturated carbocycles. The Labute approximate surface area is 81.4 Å². The zero-order valence-electron chi connectivity index (χ0n) is 7.54. The average molecular weight is 199 g/mol. The van der Waals surface area contributed by atoms with Crippen LogP contribution in [0.2, 0.25) is 0 Å². The molecule has 5 heteroatoms. The van der Waals surface area contributed by atoms with Crippen molar-refractivity contribution in [2.45, 2.75) is 13.0 Å². The molecule has 4 nitrogen and oxygen atoms in total. The van der Waals surface area contributed by atoms with E-state index in [1.165, 1.54) is 4.88 Å². The van der Waals surface area contributed by atoms with Gasteiger partial charge in [0.1, 0.15) is 0 Å². The van der Waals surface area contributed by atoms with E-state index < -0.39 is 0 Å². The second kappa shape index (κ2) is 5.66. The molecule has 0 aliphatic heterocycles. The summed E-state index contributed by atoms with van der Waals surface area (Å²) < 4.78 is 0. The first kappa shape index (κ1) is 10.1. The Hall–Kier alpha value is -0.940. The van der Waals surface area contributed by atoms with E-state index in [1.807, 2.05) is 6.20 Å². The van der Waals surface area contributed by atoms with Gasteiger partial charge in [-0.05, 0) is 0 Å². The highest BCUT2D eigenvalue weighted by Gasteiger charge is 1.97. The van der Waals surface area contributed by atoms with Gasteiger partial charge in [-0.1, -0.05) is 0 Å². The maximum absolute atomic E-state index is 10.8. The molecule has 1 amide bonds. The van der Waals surface area contributed by atoms with Crippen molar-refractivity contribution in [2.24, 2.45) is 0 Å². The molecule has 0 spiro atoms. The fourth-order valence-electron chi connectivity index (χ4n) is 0.868. The van der Waals surface area contributed by atoms with Gasteiger partial charge >= 0.3 is 0 Å². The average Bonchev–Trinajstić information content (AvgIpc) is 2.64. The largest absolute Gasteiger partial charge is 0.359 e. The number of rotatable bonds is 5. The van der Waals surface area contributed by atoms with Gasteiger partial charge in [-0.2, -0.15) is 0 Å². The summed E-state index contributed by atoms with van der Waals surface area (Å²) in [5, 5.41) is 5.73. The first-order valence-electron chi connectivity index (χ1n) is 4.11. The highest BCUT2D eigenvalue weighted by atomic mass is 32.1. The van der Waals surface area contributed by atoms with Gasteiger partial charge in [-0.25, -0.2) is 0 Å². The lowest BCUT2D eigenvalue weighted by molar-refractivity contribution is -0.120. The van der Waals surface area contributed by atoms with Crippen LogP contribution in [0, 0.1) is 0 Å². The Kier molecular flexibility index (Phi) is 4.42. The maximum Gasteiger partial charge on any atom is 0.221 e. The zero-order valence-corrected chi connectivity index (χ0v) is 8.36. The molecule has 0 aliphatic rings. The molecule has 13 heavy (non-hydrogen) atoms. The molecule has 0 radical (unpaired) electrons. The highest BCUT2D eigenvalue weighted by Crippen LogP contribution is 2.03. The van der Waals surface area contributed by atoms with E-state index in [9.17, 15) is 4.79 Å². The molecule has 1 aromatic heterocycles. The predicted molar refractivity (Wildman–Crippen MR) is 52.5 cm³/mol. The van der Waals surface area contributed by atoms with Gasteiger partial charge < -0.3 is 10.6 Å². The number of amides is 1. The fraction of sp³-hybridized carbons (Fsp3) is 0.500. The second-order valence-electron chi connectivity index (χ2n) is 2.57. The predicted octanol–water partition coefficient (Wildman–Crippen LogP) is 0.369. The highest BCUT2D eigenvalue weighted by molar-refractivity contribution is 7.09. The van der Waals surface area contributed by atoms with Gasteiger partial charge in [0, 0.05) is 37.6 Å². The van der Waals surface area contributed by atoms with Crippen molar-refractivity contribution in [3.05, 3.63) is 16.6 Å². The third-order valence-electron chi connectivity index (χ3n) is 1.59. The number of carbonyl (C=O) groups excluding carboxylic acids is 1. The first-order valence-corrected chi connectivity index (χ1v) is 4.99. The number of nitrogens with zero attached hydrogens (tertiary/aromatic N) is 1. The van der Waals surface area contributed by atoms with E-state index >= 15 is 0 Å². The lowest BCUT2D eigenvalue weighted by atomic mass is 10.4. The summed E-state index contributed by atoms with van der Waals surface area (Å²) in [4.78, 5) is 16.0. The summed E-state index contributed by atoms with van der Waals surface area (Å²) in [5.41, 5.74) is 1.80. The molecule has 1 heterocycles. The number of hydrogen-bond acceptors (Lipinski definition) is 4. The van der Waals surface area contributed by atoms with E-state index in [-0.39, 0.29) is 5.91 Å². The fourth-order valence-corrected chi connectivity index (χ4v) is 1.43. The lowest BCUT2D eigenvalue weighted by Crippen LogP contribution is -2.24. The van der Waals surface area contributed by atoms with Crippen LogP contribution in [-0.4, -0.2) is 24.5 Å². The van der Waals surface area contributed by atoms with Crippen LogP contribution in [0.15, 0.2) is 11.7 Å².